The van der Waals surface area contributed by atoms with Crippen molar-refractivity contribution >= 4 is 17.2 Å². The highest BCUT2D eigenvalue weighted by Crippen LogP contribution is 2.33. The third-order valence-corrected chi connectivity index (χ3v) is 4.38. The van der Waals surface area contributed by atoms with Gasteiger partial charge in [-0.1, -0.05) is 5.16 Å². The maximum Gasteiger partial charge on any atom is 0.276 e. The summed E-state index contributed by atoms with van der Waals surface area (Å²) in [6.07, 6.45) is 0.930. The Morgan fingerprint density at radius 3 is 3.17 bits per heavy atom. The van der Waals surface area contributed by atoms with Gasteiger partial charge in [0, 0.05) is 17.5 Å². The lowest BCUT2D eigenvalue weighted by Gasteiger charge is -2.33. The Hall–Kier alpha value is -1.62. The van der Waals surface area contributed by atoms with Crippen molar-refractivity contribution < 1.29 is 9.32 Å². The fourth-order valence-electron chi connectivity index (χ4n) is 2.40. The molecule has 0 aromatic carbocycles. The smallest absolute Gasteiger partial charge is 0.276 e. The SMILES string of the molecule is Cc1cc(C(=O)N2CCc3sccc3C2C)no1. The molecule has 0 spiro atoms. The second-order valence-corrected chi connectivity index (χ2v) is 5.55. The van der Waals surface area contributed by atoms with Gasteiger partial charge in [-0.25, -0.2) is 0 Å². The highest BCUT2D eigenvalue weighted by Gasteiger charge is 2.30. The van der Waals surface area contributed by atoms with E-state index in [0.717, 1.165) is 13.0 Å². The number of hydrogen-bond acceptors (Lipinski definition) is 4. The van der Waals surface area contributed by atoms with Gasteiger partial charge in [0.1, 0.15) is 5.76 Å². The number of amides is 1. The molecule has 2 aromatic heterocycles. The molecular weight excluding hydrogens is 248 g/mol. The van der Waals surface area contributed by atoms with Crippen LogP contribution in [0, 0.1) is 6.92 Å². The number of carbonyl (C=O) groups is 1. The Labute approximate surface area is 109 Å². The van der Waals surface area contributed by atoms with Gasteiger partial charge in [0.2, 0.25) is 0 Å². The van der Waals surface area contributed by atoms with Crippen molar-refractivity contribution in [3.05, 3.63) is 39.4 Å². The van der Waals surface area contributed by atoms with E-state index in [1.165, 1.54) is 10.4 Å². The molecule has 1 aliphatic rings. The Morgan fingerprint density at radius 2 is 2.44 bits per heavy atom. The zero-order valence-corrected chi connectivity index (χ0v) is 11.2. The fraction of sp³-hybridized carbons (Fsp3) is 0.385. The van der Waals surface area contributed by atoms with Crippen LogP contribution in [0.1, 0.15) is 39.7 Å². The summed E-state index contributed by atoms with van der Waals surface area (Å²) < 4.78 is 4.97. The molecular formula is C13H14N2O2S. The lowest BCUT2D eigenvalue weighted by molar-refractivity contribution is 0.0668. The van der Waals surface area contributed by atoms with E-state index < -0.39 is 0 Å². The van der Waals surface area contributed by atoms with E-state index in [4.69, 9.17) is 4.52 Å². The molecule has 0 fully saturated rings. The van der Waals surface area contributed by atoms with Gasteiger partial charge in [-0.2, -0.15) is 0 Å². The molecule has 0 radical (unpaired) electrons. The quantitative estimate of drug-likeness (QED) is 0.794. The number of thiophene rings is 1. The van der Waals surface area contributed by atoms with Crippen molar-refractivity contribution in [2.45, 2.75) is 26.3 Å². The van der Waals surface area contributed by atoms with Crippen molar-refractivity contribution in [1.82, 2.24) is 10.1 Å². The van der Waals surface area contributed by atoms with Crippen LogP contribution in [0.15, 0.2) is 22.0 Å². The molecule has 1 amide bonds. The number of aromatic nitrogens is 1. The molecule has 3 rings (SSSR count). The van der Waals surface area contributed by atoms with Gasteiger partial charge in [-0.15, -0.1) is 11.3 Å². The first-order valence-corrected chi connectivity index (χ1v) is 6.85. The molecule has 18 heavy (non-hydrogen) atoms. The molecule has 2 aromatic rings. The first-order valence-electron chi connectivity index (χ1n) is 5.97. The van der Waals surface area contributed by atoms with Gasteiger partial charge in [0.05, 0.1) is 6.04 Å². The standard InChI is InChI=1S/C13H14N2O2S/c1-8-7-11(14-17-8)13(16)15-5-3-12-10(9(15)2)4-6-18-12/h4,6-7,9H,3,5H2,1-2H3. The van der Waals surface area contributed by atoms with Crippen LogP contribution in [-0.2, 0) is 6.42 Å². The Morgan fingerprint density at radius 1 is 1.61 bits per heavy atom. The fourth-order valence-corrected chi connectivity index (χ4v) is 3.36. The van der Waals surface area contributed by atoms with E-state index >= 15 is 0 Å². The molecule has 0 saturated heterocycles. The van der Waals surface area contributed by atoms with Crippen LogP contribution < -0.4 is 0 Å². The minimum Gasteiger partial charge on any atom is -0.361 e. The van der Waals surface area contributed by atoms with E-state index in [9.17, 15) is 4.79 Å². The number of hydrogen-bond donors (Lipinski definition) is 0. The number of carbonyl (C=O) groups excluding carboxylic acids is 1. The number of fused-ring (bicyclic) bond motifs is 1. The monoisotopic (exact) mass is 262 g/mol. The second-order valence-electron chi connectivity index (χ2n) is 4.55. The minimum absolute atomic E-state index is 0.0452. The van der Waals surface area contributed by atoms with Crippen LogP contribution in [-0.4, -0.2) is 22.5 Å². The van der Waals surface area contributed by atoms with Crippen LogP contribution in [0.25, 0.3) is 0 Å². The van der Waals surface area contributed by atoms with Crippen LogP contribution in [0.4, 0.5) is 0 Å². The van der Waals surface area contributed by atoms with E-state index in [-0.39, 0.29) is 11.9 Å². The summed E-state index contributed by atoms with van der Waals surface area (Å²) in [6.45, 7) is 4.61. The van der Waals surface area contributed by atoms with E-state index in [1.807, 2.05) is 4.90 Å². The zero-order chi connectivity index (χ0) is 12.7. The largest absolute Gasteiger partial charge is 0.361 e. The van der Waals surface area contributed by atoms with Crippen molar-refractivity contribution in [1.29, 1.82) is 0 Å². The van der Waals surface area contributed by atoms with Crippen molar-refractivity contribution in [3.63, 3.8) is 0 Å². The Kier molecular flexibility index (Phi) is 2.70. The molecule has 0 bridgehead atoms. The molecule has 0 saturated carbocycles. The summed E-state index contributed by atoms with van der Waals surface area (Å²) in [5, 5.41) is 5.90. The summed E-state index contributed by atoms with van der Waals surface area (Å²) in [4.78, 5) is 15.6. The van der Waals surface area contributed by atoms with Crippen molar-refractivity contribution in [2.24, 2.45) is 0 Å². The van der Waals surface area contributed by atoms with E-state index in [1.54, 1.807) is 24.3 Å². The second kappa shape index (κ2) is 4.24. The average Bonchev–Trinajstić information content (AvgIpc) is 2.97. The molecule has 4 nitrogen and oxygen atoms in total. The first kappa shape index (κ1) is 11.5. The Balaban J connectivity index is 1.88. The predicted octanol–water partition coefficient (Wildman–Crippen LogP) is 2.80. The Bertz CT molecular complexity index is 587. The lowest BCUT2D eigenvalue weighted by Crippen LogP contribution is -2.38. The maximum absolute atomic E-state index is 12.4. The van der Waals surface area contributed by atoms with Crippen LogP contribution in [0.2, 0.25) is 0 Å². The van der Waals surface area contributed by atoms with Crippen molar-refractivity contribution in [2.75, 3.05) is 6.54 Å². The number of rotatable bonds is 1. The summed E-state index contributed by atoms with van der Waals surface area (Å²) in [6, 6.07) is 3.92. The van der Waals surface area contributed by atoms with Gasteiger partial charge in [0.25, 0.3) is 5.91 Å². The molecule has 0 aliphatic carbocycles. The third kappa shape index (κ3) is 1.75. The van der Waals surface area contributed by atoms with Crippen molar-refractivity contribution in [3.8, 4) is 0 Å². The van der Waals surface area contributed by atoms with Crippen LogP contribution in [0.3, 0.4) is 0 Å². The molecule has 5 heteroatoms. The lowest BCUT2D eigenvalue weighted by atomic mass is 10.0. The highest BCUT2D eigenvalue weighted by atomic mass is 32.1. The van der Waals surface area contributed by atoms with E-state index in [2.05, 4.69) is 23.5 Å². The highest BCUT2D eigenvalue weighted by molar-refractivity contribution is 7.10. The van der Waals surface area contributed by atoms with Gasteiger partial charge < -0.3 is 9.42 Å². The molecule has 1 aliphatic heterocycles. The predicted molar refractivity (Wildman–Crippen MR) is 68.7 cm³/mol. The molecule has 0 N–H and O–H groups in total. The van der Waals surface area contributed by atoms with E-state index in [0.29, 0.717) is 11.5 Å². The van der Waals surface area contributed by atoms with Gasteiger partial charge in [0.15, 0.2) is 5.69 Å². The third-order valence-electron chi connectivity index (χ3n) is 3.39. The summed E-state index contributed by atoms with van der Waals surface area (Å²) in [7, 11) is 0. The minimum atomic E-state index is -0.0452. The van der Waals surface area contributed by atoms with Crippen LogP contribution in [0.5, 0.6) is 0 Å². The average molecular weight is 262 g/mol. The normalized spacial score (nSPS) is 18.8. The summed E-state index contributed by atoms with van der Waals surface area (Å²) in [5.74, 6) is 0.621. The molecule has 3 heterocycles. The van der Waals surface area contributed by atoms with Gasteiger partial charge >= 0.3 is 0 Å². The maximum atomic E-state index is 12.4. The topological polar surface area (TPSA) is 46.3 Å². The van der Waals surface area contributed by atoms with Gasteiger partial charge in [-0.3, -0.25) is 4.79 Å². The number of aryl methyl sites for hydroxylation is 1. The molecule has 94 valence electrons. The summed E-state index contributed by atoms with van der Waals surface area (Å²) >= 11 is 1.77. The zero-order valence-electron chi connectivity index (χ0n) is 10.3. The number of nitrogens with zero attached hydrogens (tertiary/aromatic N) is 2. The van der Waals surface area contributed by atoms with Crippen LogP contribution >= 0.6 is 11.3 Å². The summed E-state index contributed by atoms with van der Waals surface area (Å²) in [5.41, 5.74) is 1.66. The molecule has 1 unspecified atom stereocenters. The molecule has 1 atom stereocenters. The first-order chi connectivity index (χ1) is 8.66. The van der Waals surface area contributed by atoms with Gasteiger partial charge in [-0.05, 0) is 37.3 Å².